The van der Waals surface area contributed by atoms with Crippen molar-refractivity contribution in [2.45, 2.75) is 38.8 Å². The van der Waals surface area contributed by atoms with Gasteiger partial charge in [0.2, 0.25) is 11.8 Å². The third-order valence-electron chi connectivity index (χ3n) is 5.45. The molecule has 4 amide bonds. The van der Waals surface area contributed by atoms with Crippen LogP contribution in [0.1, 0.15) is 35.8 Å². The van der Waals surface area contributed by atoms with Crippen molar-refractivity contribution < 1.29 is 14.4 Å². The molecule has 1 aromatic heterocycles. The Morgan fingerprint density at radius 1 is 1.20 bits per heavy atom. The van der Waals surface area contributed by atoms with Gasteiger partial charge in [-0.25, -0.2) is 9.48 Å². The highest BCUT2D eigenvalue weighted by Crippen LogP contribution is 2.30. The fraction of sp³-hybridized carbons (Fsp3) is 0.429. The number of carbonyl (C=O) groups is 3. The van der Waals surface area contributed by atoms with Crippen LogP contribution >= 0.6 is 0 Å². The van der Waals surface area contributed by atoms with E-state index in [-0.39, 0.29) is 18.5 Å². The number of hydrogen-bond acceptors (Lipinski definition) is 5. The lowest BCUT2D eigenvalue weighted by atomic mass is 10.00. The number of aromatic nitrogens is 2. The standard InChI is InChI=1S/C21H26N6O3/c1-13-18(14(2)27(25-13)16-6-4-3-5-7-16)19-20(29)22-10-11-26(19)12-17(28)24-21(30)23-15-8-9-15/h3-7,15,19H,8-12H2,1-2H3,(H,22,29)(H2,23,24,28,30). The molecule has 0 spiro atoms. The van der Waals surface area contributed by atoms with Crippen LogP contribution in [-0.4, -0.2) is 58.2 Å². The molecule has 1 saturated carbocycles. The molecule has 2 fully saturated rings. The molecule has 2 heterocycles. The summed E-state index contributed by atoms with van der Waals surface area (Å²) in [6.45, 7) is 4.69. The minimum atomic E-state index is -0.645. The van der Waals surface area contributed by atoms with E-state index in [1.54, 1.807) is 4.90 Å². The Morgan fingerprint density at radius 2 is 1.93 bits per heavy atom. The SMILES string of the molecule is Cc1nn(-c2ccccc2)c(C)c1C1C(=O)NCCN1CC(=O)NC(=O)NC1CC1. The summed E-state index contributed by atoms with van der Waals surface area (Å²) in [7, 11) is 0. The first-order valence-corrected chi connectivity index (χ1v) is 10.2. The normalized spacial score (nSPS) is 19.3. The maximum absolute atomic E-state index is 12.8. The summed E-state index contributed by atoms with van der Waals surface area (Å²) in [4.78, 5) is 38.9. The third-order valence-corrected chi connectivity index (χ3v) is 5.45. The van der Waals surface area contributed by atoms with Crippen molar-refractivity contribution in [3.05, 3.63) is 47.3 Å². The van der Waals surface area contributed by atoms with E-state index in [9.17, 15) is 14.4 Å². The summed E-state index contributed by atoms with van der Waals surface area (Å²) < 4.78 is 1.81. The summed E-state index contributed by atoms with van der Waals surface area (Å²) in [5, 5.41) is 12.6. The predicted molar refractivity (Wildman–Crippen MR) is 110 cm³/mol. The zero-order valence-corrected chi connectivity index (χ0v) is 17.1. The molecule has 4 rings (SSSR count). The van der Waals surface area contributed by atoms with Crippen LogP contribution in [0.4, 0.5) is 4.79 Å². The average molecular weight is 410 g/mol. The fourth-order valence-corrected chi connectivity index (χ4v) is 3.87. The van der Waals surface area contributed by atoms with Crippen LogP contribution in [0.15, 0.2) is 30.3 Å². The van der Waals surface area contributed by atoms with Gasteiger partial charge in [-0.05, 0) is 38.8 Å². The molecule has 1 aliphatic heterocycles. The number of nitrogens with zero attached hydrogens (tertiary/aromatic N) is 3. The van der Waals surface area contributed by atoms with Gasteiger partial charge in [-0.1, -0.05) is 18.2 Å². The van der Waals surface area contributed by atoms with Crippen molar-refractivity contribution in [2.24, 2.45) is 0 Å². The number of piperazine rings is 1. The third kappa shape index (κ3) is 4.20. The second kappa shape index (κ2) is 8.27. The van der Waals surface area contributed by atoms with Crippen LogP contribution in [0.25, 0.3) is 5.69 Å². The molecule has 2 aliphatic rings. The highest BCUT2D eigenvalue weighted by molar-refractivity contribution is 5.96. The number of rotatable bonds is 5. The molecule has 158 valence electrons. The Morgan fingerprint density at radius 3 is 2.63 bits per heavy atom. The first-order valence-electron chi connectivity index (χ1n) is 10.2. The van der Waals surface area contributed by atoms with Gasteiger partial charge < -0.3 is 10.6 Å². The van der Waals surface area contributed by atoms with Gasteiger partial charge in [0, 0.05) is 30.4 Å². The van der Waals surface area contributed by atoms with Gasteiger partial charge in [-0.15, -0.1) is 0 Å². The number of benzene rings is 1. The number of nitrogens with one attached hydrogen (secondary N) is 3. The Kier molecular flexibility index (Phi) is 5.54. The Hall–Kier alpha value is -3.20. The molecule has 2 aromatic rings. The molecule has 0 radical (unpaired) electrons. The van der Waals surface area contributed by atoms with Gasteiger partial charge in [0.05, 0.1) is 17.9 Å². The quantitative estimate of drug-likeness (QED) is 0.680. The smallest absolute Gasteiger partial charge is 0.321 e. The molecule has 1 aliphatic carbocycles. The molecule has 1 atom stereocenters. The van der Waals surface area contributed by atoms with Crippen molar-refractivity contribution in [2.75, 3.05) is 19.6 Å². The van der Waals surface area contributed by atoms with E-state index in [2.05, 4.69) is 21.0 Å². The van der Waals surface area contributed by atoms with E-state index in [1.807, 2.05) is 48.9 Å². The summed E-state index contributed by atoms with van der Waals surface area (Å²) >= 11 is 0. The van der Waals surface area contributed by atoms with Crippen LogP contribution in [0, 0.1) is 13.8 Å². The van der Waals surface area contributed by atoms with Crippen LogP contribution in [0.3, 0.4) is 0 Å². The number of imide groups is 1. The predicted octanol–water partition coefficient (Wildman–Crippen LogP) is 0.950. The molecular weight excluding hydrogens is 384 g/mol. The largest absolute Gasteiger partial charge is 0.353 e. The molecule has 9 nitrogen and oxygen atoms in total. The number of hydrogen-bond donors (Lipinski definition) is 3. The fourth-order valence-electron chi connectivity index (χ4n) is 3.87. The van der Waals surface area contributed by atoms with Crippen molar-refractivity contribution in [1.29, 1.82) is 0 Å². The van der Waals surface area contributed by atoms with Gasteiger partial charge in [-0.2, -0.15) is 5.10 Å². The maximum Gasteiger partial charge on any atom is 0.321 e. The van der Waals surface area contributed by atoms with Gasteiger partial charge >= 0.3 is 6.03 Å². The summed E-state index contributed by atoms with van der Waals surface area (Å²) in [6, 6.07) is 8.75. The maximum atomic E-state index is 12.8. The molecular formula is C21H26N6O3. The second-order valence-electron chi connectivity index (χ2n) is 7.79. The summed E-state index contributed by atoms with van der Waals surface area (Å²) in [6.07, 6.45) is 1.89. The molecule has 1 saturated heterocycles. The molecule has 0 bridgehead atoms. The van der Waals surface area contributed by atoms with Crippen LogP contribution in [-0.2, 0) is 9.59 Å². The summed E-state index contributed by atoms with van der Waals surface area (Å²) in [5.41, 5.74) is 3.26. The highest BCUT2D eigenvalue weighted by atomic mass is 16.2. The number of amides is 4. The minimum absolute atomic E-state index is 0.0500. The lowest BCUT2D eigenvalue weighted by Crippen LogP contribution is -2.54. The van der Waals surface area contributed by atoms with E-state index in [0.29, 0.717) is 13.1 Å². The molecule has 9 heteroatoms. The minimum Gasteiger partial charge on any atom is -0.353 e. The first-order chi connectivity index (χ1) is 14.4. The molecule has 1 aromatic carbocycles. The lowest BCUT2D eigenvalue weighted by Gasteiger charge is -2.34. The monoisotopic (exact) mass is 410 g/mol. The Balaban J connectivity index is 1.56. The van der Waals surface area contributed by atoms with Gasteiger partial charge in [0.15, 0.2) is 0 Å². The topological polar surface area (TPSA) is 108 Å². The van der Waals surface area contributed by atoms with E-state index in [0.717, 1.165) is 35.5 Å². The van der Waals surface area contributed by atoms with E-state index >= 15 is 0 Å². The Labute approximate surface area is 174 Å². The molecule has 1 unspecified atom stereocenters. The van der Waals surface area contributed by atoms with Gasteiger partial charge in [0.25, 0.3) is 0 Å². The van der Waals surface area contributed by atoms with Crippen molar-refractivity contribution in [3.63, 3.8) is 0 Å². The van der Waals surface area contributed by atoms with E-state index in [1.165, 1.54) is 0 Å². The Bertz CT molecular complexity index is 967. The zero-order chi connectivity index (χ0) is 21.3. The van der Waals surface area contributed by atoms with Crippen LogP contribution in [0.5, 0.6) is 0 Å². The number of aryl methyl sites for hydroxylation is 1. The second-order valence-corrected chi connectivity index (χ2v) is 7.79. The lowest BCUT2D eigenvalue weighted by molar-refractivity contribution is -0.131. The molecule has 3 N–H and O–H groups in total. The summed E-state index contributed by atoms with van der Waals surface area (Å²) in [5.74, 6) is -0.603. The highest BCUT2D eigenvalue weighted by Gasteiger charge is 2.36. The number of carbonyl (C=O) groups excluding carboxylic acids is 3. The van der Waals surface area contributed by atoms with E-state index in [4.69, 9.17) is 0 Å². The van der Waals surface area contributed by atoms with Gasteiger partial charge in [-0.3, -0.25) is 19.8 Å². The van der Waals surface area contributed by atoms with E-state index < -0.39 is 18.0 Å². The van der Waals surface area contributed by atoms with Crippen molar-refractivity contribution in [3.8, 4) is 5.69 Å². The average Bonchev–Trinajstić information content (AvgIpc) is 3.47. The zero-order valence-electron chi connectivity index (χ0n) is 17.1. The number of para-hydroxylation sites is 1. The van der Waals surface area contributed by atoms with Crippen molar-refractivity contribution >= 4 is 17.8 Å². The van der Waals surface area contributed by atoms with Crippen LogP contribution in [0.2, 0.25) is 0 Å². The molecule has 30 heavy (non-hydrogen) atoms. The van der Waals surface area contributed by atoms with Gasteiger partial charge in [0.1, 0.15) is 6.04 Å². The number of urea groups is 1. The van der Waals surface area contributed by atoms with Crippen molar-refractivity contribution in [1.82, 2.24) is 30.6 Å². The first kappa shape index (κ1) is 20.1. The van der Waals surface area contributed by atoms with Crippen LogP contribution < -0.4 is 16.0 Å².